The number of hydrogen-bond donors (Lipinski definition) is 0. The first-order valence-electron chi connectivity index (χ1n) is 10.2. The zero-order valence-electron chi connectivity index (χ0n) is 18.7. The van der Waals surface area contributed by atoms with Crippen LogP contribution >= 0.6 is 11.8 Å². The summed E-state index contributed by atoms with van der Waals surface area (Å²) in [5.74, 6) is -2.25. The Bertz CT molecular complexity index is 895. The highest BCUT2D eigenvalue weighted by molar-refractivity contribution is 8.02. The van der Waals surface area contributed by atoms with E-state index in [0.717, 1.165) is 33.7 Å². The summed E-state index contributed by atoms with van der Waals surface area (Å²) in [6, 6.07) is 0. The van der Waals surface area contributed by atoms with Crippen molar-refractivity contribution in [2.75, 3.05) is 33.8 Å². The maximum absolute atomic E-state index is 12.9. The second kappa shape index (κ2) is 11.1. The summed E-state index contributed by atoms with van der Waals surface area (Å²) in [5.41, 5.74) is -1.01. The van der Waals surface area contributed by atoms with Crippen LogP contribution in [0.1, 0.15) is 26.2 Å². The van der Waals surface area contributed by atoms with Crippen molar-refractivity contribution in [3.63, 3.8) is 0 Å². The number of nitrogens with zero attached hydrogens (tertiary/aromatic N) is 4. The molecule has 0 aliphatic carbocycles. The van der Waals surface area contributed by atoms with Crippen molar-refractivity contribution in [2.24, 2.45) is 0 Å². The molecule has 3 unspecified atom stereocenters. The van der Waals surface area contributed by atoms with E-state index in [-0.39, 0.29) is 51.3 Å². The zero-order valence-corrected chi connectivity index (χ0v) is 19.5. The number of amides is 5. The van der Waals surface area contributed by atoms with Crippen LogP contribution in [0.4, 0.5) is 0 Å². The van der Waals surface area contributed by atoms with Crippen LogP contribution in [-0.2, 0) is 33.5 Å². The Hall–Kier alpha value is -3.20. The Kier molecular flexibility index (Phi) is 8.76. The average Bonchev–Trinajstić information content (AvgIpc) is 3.22. The Balaban J connectivity index is 2.08. The lowest BCUT2D eigenvalue weighted by molar-refractivity contribution is -0.142. The largest absolute Gasteiger partial charge is 0.468 e. The van der Waals surface area contributed by atoms with Crippen LogP contribution in [0.3, 0.4) is 0 Å². The van der Waals surface area contributed by atoms with Crippen molar-refractivity contribution >= 4 is 47.8 Å². The summed E-state index contributed by atoms with van der Waals surface area (Å²) in [5, 5.41) is -1.60. The third kappa shape index (κ3) is 6.41. The highest BCUT2D eigenvalue weighted by atomic mass is 32.2. The lowest BCUT2D eigenvalue weighted by Gasteiger charge is -2.26. The zero-order chi connectivity index (χ0) is 24.8. The van der Waals surface area contributed by atoms with E-state index in [1.54, 1.807) is 21.0 Å². The summed E-state index contributed by atoms with van der Waals surface area (Å²) in [6.07, 6.45) is 2.44. The van der Waals surface area contributed by atoms with Crippen LogP contribution in [-0.4, -0.2) is 101 Å². The molecular weight excluding hydrogens is 452 g/mol. The molecule has 0 aromatic rings. The second-order valence-electron chi connectivity index (χ2n) is 8.13. The van der Waals surface area contributed by atoms with Gasteiger partial charge in [0.05, 0.1) is 23.5 Å². The lowest BCUT2D eigenvalue weighted by atomic mass is 9.92. The third-order valence-electron chi connectivity index (χ3n) is 5.42. The van der Waals surface area contributed by atoms with Gasteiger partial charge in [-0.25, -0.2) is 6.57 Å². The van der Waals surface area contributed by atoms with Crippen LogP contribution in [0.5, 0.6) is 0 Å². The van der Waals surface area contributed by atoms with Crippen molar-refractivity contribution in [1.29, 1.82) is 0 Å². The van der Waals surface area contributed by atoms with Gasteiger partial charge >= 0.3 is 0 Å². The first-order valence-corrected chi connectivity index (χ1v) is 11.2. The number of thioether (sulfide) groups is 1. The van der Waals surface area contributed by atoms with Gasteiger partial charge < -0.3 is 14.5 Å². The van der Waals surface area contributed by atoms with Crippen LogP contribution < -0.4 is 0 Å². The van der Waals surface area contributed by atoms with E-state index in [4.69, 9.17) is 11.3 Å². The van der Waals surface area contributed by atoms with Gasteiger partial charge in [0.15, 0.2) is 0 Å². The van der Waals surface area contributed by atoms with Crippen molar-refractivity contribution in [3.8, 4) is 0 Å². The molecule has 0 radical (unpaired) electrons. The van der Waals surface area contributed by atoms with Gasteiger partial charge in [-0.3, -0.25) is 38.6 Å². The number of carbonyl (C=O) groups is 6. The lowest BCUT2D eigenvalue weighted by Crippen LogP contribution is -2.42. The Morgan fingerprint density at radius 1 is 1.27 bits per heavy atom. The molecule has 2 aliphatic heterocycles. The molecular formula is C21H26N4O7S. The van der Waals surface area contributed by atoms with Crippen LogP contribution in [0.15, 0.2) is 12.2 Å². The van der Waals surface area contributed by atoms with E-state index in [0.29, 0.717) is 0 Å². The van der Waals surface area contributed by atoms with E-state index in [1.165, 1.54) is 4.90 Å². The van der Waals surface area contributed by atoms with Gasteiger partial charge in [0.2, 0.25) is 23.3 Å². The molecule has 5 amide bonds. The molecule has 33 heavy (non-hydrogen) atoms. The average molecular weight is 479 g/mol. The summed E-state index contributed by atoms with van der Waals surface area (Å²) in [6.45, 7) is 9.28. The molecule has 178 valence electrons. The predicted molar refractivity (Wildman–Crippen MR) is 117 cm³/mol. The Morgan fingerprint density at radius 2 is 1.88 bits per heavy atom. The van der Waals surface area contributed by atoms with E-state index in [9.17, 15) is 28.8 Å². The minimum Gasteiger partial charge on any atom is -0.468 e. The smallest absolute Gasteiger partial charge is 0.293 e. The summed E-state index contributed by atoms with van der Waals surface area (Å²) in [4.78, 5) is 78.9. The number of hydrogen-bond acceptors (Lipinski definition) is 8. The SMILES string of the molecule is [C-]#[N+]C(C)(CCOC=O)CC(SC1CC(=O)N(CCN2C(=O)C=CC2=O)C1=O)C(=O)N(C)C. The quantitative estimate of drug-likeness (QED) is 0.164. The molecule has 1 saturated heterocycles. The molecule has 11 nitrogen and oxygen atoms in total. The highest BCUT2D eigenvalue weighted by Gasteiger charge is 2.44. The van der Waals surface area contributed by atoms with E-state index in [2.05, 4.69) is 4.85 Å². The van der Waals surface area contributed by atoms with Crippen molar-refractivity contribution in [2.45, 2.75) is 42.2 Å². The van der Waals surface area contributed by atoms with E-state index in [1.807, 2.05) is 0 Å². The van der Waals surface area contributed by atoms with Crippen LogP contribution in [0.25, 0.3) is 4.85 Å². The summed E-state index contributed by atoms with van der Waals surface area (Å²) >= 11 is 1.03. The van der Waals surface area contributed by atoms with Gasteiger partial charge in [-0.1, -0.05) is 0 Å². The number of imide groups is 2. The van der Waals surface area contributed by atoms with Gasteiger partial charge in [0, 0.05) is 59.1 Å². The monoisotopic (exact) mass is 478 g/mol. The van der Waals surface area contributed by atoms with Gasteiger partial charge in [-0.05, 0) is 0 Å². The fraction of sp³-hybridized carbons (Fsp3) is 0.571. The predicted octanol–water partition coefficient (Wildman–Crippen LogP) is -0.140. The van der Waals surface area contributed by atoms with Crippen molar-refractivity contribution < 1.29 is 33.5 Å². The second-order valence-corrected chi connectivity index (χ2v) is 9.54. The summed E-state index contributed by atoms with van der Waals surface area (Å²) in [7, 11) is 3.12. The molecule has 0 spiro atoms. The first-order chi connectivity index (χ1) is 15.5. The molecule has 2 rings (SSSR count). The van der Waals surface area contributed by atoms with Gasteiger partial charge in [0.1, 0.15) is 0 Å². The minimum atomic E-state index is -1.01. The fourth-order valence-electron chi connectivity index (χ4n) is 3.46. The van der Waals surface area contributed by atoms with Gasteiger partial charge in [-0.2, -0.15) is 0 Å². The number of carbonyl (C=O) groups excluding carboxylic acids is 6. The Morgan fingerprint density at radius 3 is 2.42 bits per heavy atom. The molecule has 0 aromatic heterocycles. The minimum absolute atomic E-state index is 0.0212. The normalized spacial score (nSPS) is 20.6. The Labute approximate surface area is 195 Å². The maximum Gasteiger partial charge on any atom is 0.293 e. The first kappa shape index (κ1) is 26.1. The van der Waals surface area contributed by atoms with E-state index >= 15 is 0 Å². The standard InChI is InChI=1S/C21H26N4O7S/c1-21(22-2,7-10-32-13-26)12-15(19(30)23(3)4)33-14-11-18(29)25(20(14)31)9-8-24-16(27)5-6-17(24)28/h5-6,13-15H,7-12H2,1,3-4H3. The van der Waals surface area contributed by atoms with Crippen LogP contribution in [0.2, 0.25) is 0 Å². The van der Waals surface area contributed by atoms with E-state index < -0.39 is 39.7 Å². The van der Waals surface area contributed by atoms with Gasteiger partial charge in [-0.15, -0.1) is 11.8 Å². The fourth-order valence-corrected chi connectivity index (χ4v) is 5.12. The highest BCUT2D eigenvalue weighted by Crippen LogP contribution is 2.35. The molecule has 0 aromatic carbocycles. The van der Waals surface area contributed by atoms with Crippen molar-refractivity contribution in [3.05, 3.63) is 23.6 Å². The number of rotatable bonds is 12. The molecule has 2 aliphatic rings. The number of likely N-dealkylation sites (tertiary alicyclic amines) is 1. The summed E-state index contributed by atoms with van der Waals surface area (Å²) < 4.78 is 4.70. The third-order valence-corrected chi connectivity index (χ3v) is 6.81. The maximum atomic E-state index is 12.9. The molecule has 0 N–H and O–H groups in total. The topological polar surface area (TPSA) is 126 Å². The molecule has 2 heterocycles. The molecule has 1 fully saturated rings. The molecule has 0 saturated carbocycles. The van der Waals surface area contributed by atoms with Crippen molar-refractivity contribution in [1.82, 2.24) is 14.7 Å². The molecule has 3 atom stereocenters. The molecule has 0 bridgehead atoms. The number of ether oxygens (including phenoxy) is 1. The van der Waals surface area contributed by atoms with Gasteiger partial charge in [0.25, 0.3) is 18.3 Å². The molecule has 12 heteroatoms. The van der Waals surface area contributed by atoms with Crippen LogP contribution in [0, 0.1) is 6.57 Å².